The van der Waals surface area contributed by atoms with E-state index in [0.29, 0.717) is 0 Å². The van der Waals surface area contributed by atoms with Crippen LogP contribution in [0, 0.1) is 0 Å². The molecule has 0 fully saturated rings. The molecule has 0 unspecified atom stereocenters. The van der Waals surface area contributed by atoms with Gasteiger partial charge >= 0.3 is 0 Å². The van der Waals surface area contributed by atoms with E-state index in [0.717, 1.165) is 50.3 Å². The molecule has 0 atom stereocenters. The highest BCUT2D eigenvalue weighted by molar-refractivity contribution is 6.20. The van der Waals surface area contributed by atoms with Crippen molar-refractivity contribution in [2.24, 2.45) is 0 Å². The molecule has 5 aromatic carbocycles. The largest absolute Gasteiger partial charge is 0.309 e. The zero-order valence-corrected chi connectivity index (χ0v) is 21.6. The number of nitrogens with zero attached hydrogens (tertiary/aromatic N) is 4. The number of hydrogen-bond acceptors (Lipinski definition) is 2. The lowest BCUT2D eigenvalue weighted by molar-refractivity contribution is 1.10. The Morgan fingerprint density at radius 3 is 2.02 bits per heavy atom. The van der Waals surface area contributed by atoms with E-state index in [-0.39, 0.29) is 0 Å². The van der Waals surface area contributed by atoms with Crippen LogP contribution >= 0.6 is 0 Å². The first-order chi connectivity index (χ1) is 19.9. The second-order valence-corrected chi connectivity index (χ2v) is 9.91. The minimum atomic E-state index is 0.871. The van der Waals surface area contributed by atoms with E-state index in [1.54, 1.807) is 6.20 Å². The van der Waals surface area contributed by atoms with Crippen molar-refractivity contribution >= 4 is 32.8 Å². The Kier molecular flexibility index (Phi) is 5.10. The molecule has 0 bridgehead atoms. The highest BCUT2D eigenvalue weighted by Gasteiger charge is 2.22. The van der Waals surface area contributed by atoms with Gasteiger partial charge in [0.25, 0.3) is 0 Å². The Balaban J connectivity index is 1.52. The minimum absolute atomic E-state index is 0.871. The van der Waals surface area contributed by atoms with Gasteiger partial charge in [0.15, 0.2) is 0 Å². The van der Waals surface area contributed by atoms with Gasteiger partial charge in [0.05, 0.1) is 27.8 Å². The van der Waals surface area contributed by atoms with E-state index in [1.165, 1.54) is 16.5 Å². The molecule has 0 aliphatic carbocycles. The molecular formula is C36H24N4. The van der Waals surface area contributed by atoms with Crippen molar-refractivity contribution in [2.75, 3.05) is 0 Å². The Hall–Kier alpha value is -5.48. The van der Waals surface area contributed by atoms with E-state index in [2.05, 4.69) is 142 Å². The van der Waals surface area contributed by atoms with Gasteiger partial charge in [-0.3, -0.25) is 9.55 Å². The molecule has 0 amide bonds. The molecule has 8 rings (SSSR count). The fourth-order valence-electron chi connectivity index (χ4n) is 5.91. The van der Waals surface area contributed by atoms with Crippen molar-refractivity contribution < 1.29 is 0 Å². The number of para-hydroxylation sites is 3. The van der Waals surface area contributed by atoms with Crippen molar-refractivity contribution in [1.82, 2.24) is 19.1 Å². The third-order valence-electron chi connectivity index (χ3n) is 7.62. The standard InChI is InChI=1S/C36H24N4/c1-3-12-25(13-4-1)28-17-7-9-19-30(28)40-33-22-21-32-34(35(33)38-36(40)26-14-11-23-37-24-26)29-18-8-10-20-31(29)39(32)27-15-5-2-6-16-27/h1-24H. The maximum Gasteiger partial charge on any atom is 0.147 e. The molecule has 3 aromatic heterocycles. The summed E-state index contributed by atoms with van der Waals surface area (Å²) in [5, 5.41) is 2.34. The van der Waals surface area contributed by atoms with E-state index >= 15 is 0 Å². The molecule has 40 heavy (non-hydrogen) atoms. The number of pyridine rings is 1. The molecule has 0 spiro atoms. The lowest BCUT2D eigenvalue weighted by Gasteiger charge is -2.15. The van der Waals surface area contributed by atoms with Crippen LogP contribution in [-0.2, 0) is 0 Å². The van der Waals surface area contributed by atoms with Crippen LogP contribution in [0.25, 0.3) is 66.7 Å². The van der Waals surface area contributed by atoms with Crippen molar-refractivity contribution in [3.63, 3.8) is 0 Å². The van der Waals surface area contributed by atoms with Gasteiger partial charge in [-0.2, -0.15) is 0 Å². The van der Waals surface area contributed by atoms with E-state index in [4.69, 9.17) is 4.98 Å². The molecule has 0 aliphatic rings. The predicted molar refractivity (Wildman–Crippen MR) is 164 cm³/mol. The van der Waals surface area contributed by atoms with Crippen LogP contribution in [0.15, 0.2) is 146 Å². The first-order valence-corrected chi connectivity index (χ1v) is 13.4. The highest BCUT2D eigenvalue weighted by Crippen LogP contribution is 2.40. The van der Waals surface area contributed by atoms with Crippen LogP contribution in [0.3, 0.4) is 0 Å². The first-order valence-electron chi connectivity index (χ1n) is 13.4. The molecule has 0 saturated carbocycles. The van der Waals surface area contributed by atoms with Crippen molar-refractivity contribution in [2.45, 2.75) is 0 Å². The number of fused-ring (bicyclic) bond motifs is 5. The summed E-state index contributed by atoms with van der Waals surface area (Å²) >= 11 is 0. The van der Waals surface area contributed by atoms with Crippen molar-refractivity contribution in [3.8, 4) is 33.9 Å². The number of imidazole rings is 1. The van der Waals surface area contributed by atoms with Crippen molar-refractivity contribution in [1.29, 1.82) is 0 Å². The second kappa shape index (κ2) is 9.07. The molecule has 0 aliphatic heterocycles. The van der Waals surface area contributed by atoms with Gasteiger partial charge in [0.1, 0.15) is 5.82 Å². The molecule has 0 radical (unpaired) electrons. The predicted octanol–water partition coefficient (Wildman–Crippen LogP) is 8.85. The smallest absolute Gasteiger partial charge is 0.147 e. The Morgan fingerprint density at radius 2 is 1.20 bits per heavy atom. The van der Waals surface area contributed by atoms with Gasteiger partial charge in [0.2, 0.25) is 0 Å². The molecule has 0 N–H and O–H groups in total. The number of rotatable bonds is 4. The molecule has 0 saturated heterocycles. The third-order valence-corrected chi connectivity index (χ3v) is 7.62. The van der Waals surface area contributed by atoms with Gasteiger partial charge in [-0.1, -0.05) is 84.9 Å². The average Bonchev–Trinajstić information content (AvgIpc) is 3.58. The summed E-state index contributed by atoms with van der Waals surface area (Å²) in [4.78, 5) is 9.83. The Bertz CT molecular complexity index is 2140. The number of hydrogen-bond donors (Lipinski definition) is 0. The summed E-state index contributed by atoms with van der Waals surface area (Å²) in [6, 6.07) is 46.8. The summed E-state index contributed by atoms with van der Waals surface area (Å²) in [5.41, 5.74) is 9.85. The van der Waals surface area contributed by atoms with Gasteiger partial charge in [-0.25, -0.2) is 4.98 Å². The third kappa shape index (κ3) is 3.40. The summed E-state index contributed by atoms with van der Waals surface area (Å²) in [5.74, 6) is 0.871. The normalized spacial score (nSPS) is 11.5. The average molecular weight is 513 g/mol. The fourth-order valence-corrected chi connectivity index (χ4v) is 5.91. The van der Waals surface area contributed by atoms with Gasteiger partial charge < -0.3 is 4.57 Å². The van der Waals surface area contributed by atoms with Crippen LogP contribution < -0.4 is 0 Å². The highest BCUT2D eigenvalue weighted by atomic mass is 15.1. The molecule has 4 heteroatoms. The number of aromatic nitrogens is 4. The van der Waals surface area contributed by atoms with Crippen LogP contribution in [0.4, 0.5) is 0 Å². The Labute approximate surface area is 231 Å². The van der Waals surface area contributed by atoms with Crippen LogP contribution in [-0.4, -0.2) is 19.1 Å². The van der Waals surface area contributed by atoms with Gasteiger partial charge in [-0.15, -0.1) is 0 Å². The number of benzene rings is 5. The zero-order chi connectivity index (χ0) is 26.5. The summed E-state index contributed by atoms with van der Waals surface area (Å²) < 4.78 is 4.63. The Morgan fingerprint density at radius 1 is 0.500 bits per heavy atom. The topological polar surface area (TPSA) is 35.6 Å². The molecule has 188 valence electrons. The van der Waals surface area contributed by atoms with E-state index in [1.807, 2.05) is 12.3 Å². The lowest BCUT2D eigenvalue weighted by atomic mass is 10.0. The van der Waals surface area contributed by atoms with Gasteiger partial charge in [-0.05, 0) is 54.1 Å². The lowest BCUT2D eigenvalue weighted by Crippen LogP contribution is -2.00. The summed E-state index contributed by atoms with van der Waals surface area (Å²) in [6.45, 7) is 0. The quantitative estimate of drug-likeness (QED) is 0.236. The molecular weight excluding hydrogens is 488 g/mol. The molecule has 8 aromatic rings. The summed E-state index contributed by atoms with van der Waals surface area (Å²) in [6.07, 6.45) is 3.70. The zero-order valence-electron chi connectivity index (χ0n) is 21.6. The van der Waals surface area contributed by atoms with Gasteiger partial charge in [0, 0.05) is 40.0 Å². The molecule has 3 heterocycles. The van der Waals surface area contributed by atoms with Crippen LogP contribution in [0.2, 0.25) is 0 Å². The maximum atomic E-state index is 5.39. The first kappa shape index (κ1) is 22.5. The van der Waals surface area contributed by atoms with Crippen LogP contribution in [0.1, 0.15) is 0 Å². The molecule has 4 nitrogen and oxygen atoms in total. The van der Waals surface area contributed by atoms with E-state index in [9.17, 15) is 0 Å². The minimum Gasteiger partial charge on any atom is -0.309 e. The van der Waals surface area contributed by atoms with Crippen LogP contribution in [0.5, 0.6) is 0 Å². The summed E-state index contributed by atoms with van der Waals surface area (Å²) in [7, 11) is 0. The van der Waals surface area contributed by atoms with E-state index < -0.39 is 0 Å². The SMILES string of the molecule is c1ccc(-c2ccccc2-n2c(-c3cccnc3)nc3c4c5ccccc5n(-c5ccccc5)c4ccc32)cc1. The fraction of sp³-hybridized carbons (Fsp3) is 0. The maximum absolute atomic E-state index is 5.39. The monoisotopic (exact) mass is 512 g/mol. The second-order valence-electron chi connectivity index (χ2n) is 9.91. The van der Waals surface area contributed by atoms with Crippen molar-refractivity contribution in [3.05, 3.63) is 146 Å².